The summed E-state index contributed by atoms with van der Waals surface area (Å²) < 4.78 is 29.9. The highest BCUT2D eigenvalue weighted by Crippen LogP contribution is 2.38. The maximum absolute atomic E-state index is 14.2. The summed E-state index contributed by atoms with van der Waals surface area (Å²) >= 11 is 0. The summed E-state index contributed by atoms with van der Waals surface area (Å²) in [6.45, 7) is 4.94. The molecule has 27 heavy (non-hydrogen) atoms. The molecule has 0 aliphatic carbocycles. The highest BCUT2D eigenvalue weighted by atomic mass is 19.1. The van der Waals surface area contributed by atoms with E-state index in [4.69, 9.17) is 14.2 Å². The molecule has 0 unspecified atom stereocenters. The quantitative estimate of drug-likeness (QED) is 0.588. The van der Waals surface area contributed by atoms with Gasteiger partial charge in [0.25, 0.3) is 0 Å². The van der Waals surface area contributed by atoms with Crippen LogP contribution in [0.3, 0.4) is 0 Å². The van der Waals surface area contributed by atoms with Crippen molar-refractivity contribution in [1.82, 2.24) is 0 Å². The molecule has 0 aromatic heterocycles. The Hall–Kier alpha value is -3.36. The van der Waals surface area contributed by atoms with Gasteiger partial charge in [-0.1, -0.05) is 12.1 Å². The molecule has 0 radical (unpaired) electrons. The molecule has 0 atom stereocenters. The Labute approximate surface area is 155 Å². The summed E-state index contributed by atoms with van der Waals surface area (Å²) in [6, 6.07) is 8.16. The van der Waals surface area contributed by atoms with Crippen LogP contribution < -0.4 is 14.8 Å². The number of benzene rings is 2. The maximum atomic E-state index is 14.2. The van der Waals surface area contributed by atoms with Crippen molar-refractivity contribution >= 4 is 17.5 Å². The minimum atomic E-state index is -1.00. The van der Waals surface area contributed by atoms with E-state index >= 15 is 0 Å². The predicted octanol–water partition coefficient (Wildman–Crippen LogP) is 4.88. The zero-order chi connectivity index (χ0) is 20.2. The number of hydrogen-bond donors (Lipinski definition) is 1. The minimum Gasteiger partial charge on any atom is -0.493 e. The first-order valence-corrected chi connectivity index (χ1v) is 7.89. The molecule has 0 aliphatic rings. The number of para-hydroxylation sites is 2. The number of hydrogen-bond acceptors (Lipinski definition) is 6. The number of halogens is 1. The number of nitrogens with zero attached hydrogens (tertiary/aromatic N) is 1. The molecule has 1 N–H and O–H groups in total. The van der Waals surface area contributed by atoms with Gasteiger partial charge in [0.1, 0.15) is 5.60 Å². The number of nitro benzene ring substituents is 1. The summed E-state index contributed by atoms with van der Waals surface area (Å²) in [7, 11) is 1.41. The van der Waals surface area contributed by atoms with Crippen molar-refractivity contribution in [2.75, 3.05) is 12.4 Å². The third kappa shape index (κ3) is 5.30. The molecule has 0 spiro atoms. The molecule has 8 nitrogen and oxygen atoms in total. The monoisotopic (exact) mass is 378 g/mol. The van der Waals surface area contributed by atoms with Gasteiger partial charge in [0, 0.05) is 6.07 Å². The number of methoxy groups -OCH3 is 1. The van der Waals surface area contributed by atoms with Crippen LogP contribution in [0, 0.1) is 15.9 Å². The molecule has 9 heteroatoms. The molecular formula is C18H19FN2O6. The molecule has 2 rings (SSSR count). The van der Waals surface area contributed by atoms with Crippen molar-refractivity contribution in [3.63, 3.8) is 0 Å². The zero-order valence-corrected chi connectivity index (χ0v) is 15.2. The molecule has 144 valence electrons. The number of carbonyl (C=O) groups is 1. The van der Waals surface area contributed by atoms with Crippen LogP contribution in [0.2, 0.25) is 0 Å². The van der Waals surface area contributed by atoms with E-state index in [1.807, 2.05) is 0 Å². The third-order valence-corrected chi connectivity index (χ3v) is 3.17. The van der Waals surface area contributed by atoms with Crippen LogP contribution in [0.1, 0.15) is 20.8 Å². The molecule has 0 aliphatic heterocycles. The lowest BCUT2D eigenvalue weighted by atomic mass is 10.2. The van der Waals surface area contributed by atoms with Crippen molar-refractivity contribution in [3.05, 3.63) is 52.3 Å². The van der Waals surface area contributed by atoms with Crippen molar-refractivity contribution in [2.45, 2.75) is 26.4 Å². The van der Waals surface area contributed by atoms with Crippen molar-refractivity contribution in [1.29, 1.82) is 0 Å². The van der Waals surface area contributed by atoms with Gasteiger partial charge in [-0.3, -0.25) is 15.4 Å². The second kappa shape index (κ2) is 7.90. The Morgan fingerprint density at radius 3 is 2.33 bits per heavy atom. The molecule has 0 saturated carbocycles. The number of ether oxygens (including phenoxy) is 3. The lowest BCUT2D eigenvalue weighted by molar-refractivity contribution is -0.385. The van der Waals surface area contributed by atoms with Gasteiger partial charge >= 0.3 is 11.8 Å². The molecule has 2 aromatic rings. The molecule has 0 saturated heterocycles. The number of nitrogens with one attached hydrogen (secondary N) is 1. The number of anilines is 1. The molecule has 0 bridgehead atoms. The van der Waals surface area contributed by atoms with Crippen LogP contribution in [-0.2, 0) is 4.74 Å². The van der Waals surface area contributed by atoms with Gasteiger partial charge in [-0.25, -0.2) is 9.18 Å². The lowest BCUT2D eigenvalue weighted by Crippen LogP contribution is -2.27. The Morgan fingerprint density at radius 2 is 1.78 bits per heavy atom. The largest absolute Gasteiger partial charge is 0.493 e. The van der Waals surface area contributed by atoms with Crippen LogP contribution in [0.25, 0.3) is 0 Å². The van der Waals surface area contributed by atoms with Crippen LogP contribution in [-0.4, -0.2) is 23.7 Å². The standard InChI is InChI=1S/C18H19FN2O6/c1-18(2,3)27-17(22)20-12-10-16(13(21(23)24)9-11(12)19)26-15-8-6-5-7-14(15)25-4/h5-10H,1-4H3,(H,20,22). The van der Waals surface area contributed by atoms with Gasteiger partial charge < -0.3 is 14.2 Å². The smallest absolute Gasteiger partial charge is 0.412 e. The molecular weight excluding hydrogens is 359 g/mol. The fraction of sp³-hybridized carbons (Fsp3) is 0.278. The number of rotatable bonds is 5. The van der Waals surface area contributed by atoms with Gasteiger partial charge in [0.05, 0.1) is 23.8 Å². The second-order valence-electron chi connectivity index (χ2n) is 6.44. The zero-order valence-electron chi connectivity index (χ0n) is 15.2. The van der Waals surface area contributed by atoms with Crippen LogP contribution >= 0.6 is 0 Å². The van der Waals surface area contributed by atoms with Gasteiger partial charge in [-0.15, -0.1) is 0 Å². The lowest BCUT2D eigenvalue weighted by Gasteiger charge is -2.20. The van der Waals surface area contributed by atoms with E-state index in [2.05, 4.69) is 5.32 Å². The molecule has 0 fully saturated rings. The van der Waals surface area contributed by atoms with E-state index in [9.17, 15) is 19.3 Å². The van der Waals surface area contributed by atoms with E-state index in [-0.39, 0.29) is 17.2 Å². The van der Waals surface area contributed by atoms with Crippen LogP contribution in [0.15, 0.2) is 36.4 Å². The first kappa shape index (κ1) is 20.0. The summed E-state index contributed by atoms with van der Waals surface area (Å²) in [5.41, 5.74) is -1.72. The summed E-state index contributed by atoms with van der Waals surface area (Å²) in [6.07, 6.45) is -0.904. The molecule has 0 heterocycles. The van der Waals surface area contributed by atoms with E-state index in [0.29, 0.717) is 11.8 Å². The fourth-order valence-electron chi connectivity index (χ4n) is 2.10. The average molecular weight is 378 g/mol. The van der Waals surface area contributed by atoms with Crippen molar-refractivity contribution < 1.29 is 28.3 Å². The van der Waals surface area contributed by atoms with E-state index in [0.717, 1.165) is 6.07 Å². The van der Waals surface area contributed by atoms with Crippen molar-refractivity contribution in [3.8, 4) is 17.2 Å². The summed E-state index contributed by atoms with van der Waals surface area (Å²) in [5, 5.41) is 13.5. The summed E-state index contributed by atoms with van der Waals surface area (Å²) in [5.74, 6) is -0.743. The molecule has 1 amide bonds. The van der Waals surface area contributed by atoms with Crippen LogP contribution in [0.4, 0.5) is 20.6 Å². The maximum Gasteiger partial charge on any atom is 0.412 e. The number of amides is 1. The van der Waals surface area contributed by atoms with E-state index < -0.39 is 28.1 Å². The third-order valence-electron chi connectivity index (χ3n) is 3.17. The topological polar surface area (TPSA) is 99.9 Å². The Kier molecular flexibility index (Phi) is 5.84. The average Bonchev–Trinajstić information content (AvgIpc) is 2.56. The molecule has 2 aromatic carbocycles. The van der Waals surface area contributed by atoms with Gasteiger partial charge in [-0.05, 0) is 32.9 Å². The van der Waals surface area contributed by atoms with Gasteiger partial charge in [-0.2, -0.15) is 0 Å². The predicted molar refractivity (Wildman–Crippen MR) is 96.0 cm³/mol. The normalized spacial score (nSPS) is 10.9. The first-order chi connectivity index (χ1) is 12.6. The Morgan fingerprint density at radius 1 is 1.15 bits per heavy atom. The fourth-order valence-corrected chi connectivity index (χ4v) is 2.10. The Bertz CT molecular complexity index is 863. The Balaban J connectivity index is 2.40. The highest BCUT2D eigenvalue weighted by molar-refractivity contribution is 5.86. The van der Waals surface area contributed by atoms with Crippen molar-refractivity contribution in [2.24, 2.45) is 0 Å². The first-order valence-electron chi connectivity index (χ1n) is 7.89. The van der Waals surface area contributed by atoms with Gasteiger partial charge in [0.2, 0.25) is 5.75 Å². The highest BCUT2D eigenvalue weighted by Gasteiger charge is 2.24. The number of carbonyl (C=O) groups excluding carboxylic acids is 1. The number of nitro groups is 1. The SMILES string of the molecule is COc1ccccc1Oc1cc(NC(=O)OC(C)(C)C)c(F)cc1[N+](=O)[O-]. The van der Waals surface area contributed by atoms with E-state index in [1.165, 1.54) is 13.2 Å². The van der Waals surface area contributed by atoms with Crippen LogP contribution in [0.5, 0.6) is 17.2 Å². The van der Waals surface area contributed by atoms with Gasteiger partial charge in [0.15, 0.2) is 17.3 Å². The second-order valence-corrected chi connectivity index (χ2v) is 6.44. The van der Waals surface area contributed by atoms with E-state index in [1.54, 1.807) is 39.0 Å². The minimum absolute atomic E-state index is 0.193. The summed E-state index contributed by atoms with van der Waals surface area (Å²) in [4.78, 5) is 22.3.